The number of nitrogens with zero attached hydrogens (tertiary/aromatic N) is 1. The van der Waals surface area contributed by atoms with E-state index in [2.05, 4.69) is 10.6 Å². The normalized spacial score (nSPS) is 16.8. The zero-order valence-corrected chi connectivity index (χ0v) is 20.6. The molecule has 2 heterocycles. The average molecular weight is 508 g/mol. The van der Waals surface area contributed by atoms with Gasteiger partial charge in [-0.3, -0.25) is 4.79 Å². The molecule has 5 rings (SSSR count). The molecule has 1 unspecified atom stereocenters. The van der Waals surface area contributed by atoms with E-state index in [1.807, 2.05) is 30.3 Å². The van der Waals surface area contributed by atoms with Crippen molar-refractivity contribution in [1.29, 1.82) is 0 Å². The van der Waals surface area contributed by atoms with Crippen molar-refractivity contribution in [3.8, 4) is 22.6 Å². The summed E-state index contributed by atoms with van der Waals surface area (Å²) >= 11 is 0. The van der Waals surface area contributed by atoms with Crippen molar-refractivity contribution in [1.82, 2.24) is 10.6 Å². The molecule has 3 aromatic rings. The maximum atomic E-state index is 13.6. The van der Waals surface area contributed by atoms with Crippen LogP contribution in [-0.2, 0) is 16.3 Å². The third-order valence-corrected chi connectivity index (χ3v) is 8.47. The average Bonchev–Trinajstić information content (AvgIpc) is 3.54. The van der Waals surface area contributed by atoms with Gasteiger partial charge in [-0.25, -0.2) is 13.2 Å². The molecule has 3 aromatic carbocycles. The van der Waals surface area contributed by atoms with Crippen LogP contribution in [0.5, 0.6) is 11.5 Å². The molecule has 0 aliphatic carbocycles. The Kier molecular flexibility index (Phi) is 6.05. The number of amides is 3. The minimum absolute atomic E-state index is 0.0175. The van der Waals surface area contributed by atoms with Crippen molar-refractivity contribution < 1.29 is 27.5 Å². The van der Waals surface area contributed by atoms with Crippen LogP contribution in [0.4, 0.5) is 10.5 Å². The van der Waals surface area contributed by atoms with Gasteiger partial charge in [-0.2, -0.15) is 0 Å². The fraction of sp³-hybridized carbons (Fsp3) is 0.231. The largest absolute Gasteiger partial charge is 0.493 e. The van der Waals surface area contributed by atoms with E-state index in [0.717, 1.165) is 11.1 Å². The molecule has 3 amide bonds. The quantitative estimate of drug-likeness (QED) is 0.530. The minimum Gasteiger partial charge on any atom is -0.493 e. The first-order valence-corrected chi connectivity index (χ1v) is 12.9. The molecule has 186 valence electrons. The number of urea groups is 1. The summed E-state index contributed by atoms with van der Waals surface area (Å²) < 4.78 is 37.8. The summed E-state index contributed by atoms with van der Waals surface area (Å²) in [5.74, 6) is 0.739. The van der Waals surface area contributed by atoms with Crippen LogP contribution in [-0.4, -0.2) is 53.0 Å². The first-order chi connectivity index (χ1) is 17.3. The van der Waals surface area contributed by atoms with Crippen LogP contribution in [0.15, 0.2) is 65.6 Å². The number of anilines is 1. The molecule has 1 fully saturated rings. The Bertz CT molecular complexity index is 1460. The molecule has 36 heavy (non-hydrogen) atoms. The number of rotatable bonds is 6. The van der Waals surface area contributed by atoms with Crippen molar-refractivity contribution in [3.05, 3.63) is 71.8 Å². The second-order valence-corrected chi connectivity index (χ2v) is 10.6. The zero-order valence-electron chi connectivity index (χ0n) is 19.8. The second-order valence-electron chi connectivity index (χ2n) is 8.47. The Morgan fingerprint density at radius 2 is 1.75 bits per heavy atom. The van der Waals surface area contributed by atoms with E-state index in [1.165, 1.54) is 20.3 Å². The second kappa shape index (κ2) is 9.19. The van der Waals surface area contributed by atoms with Gasteiger partial charge < -0.3 is 25.0 Å². The number of fused-ring (bicyclic) bond motifs is 1. The zero-order chi connectivity index (χ0) is 25.4. The molecule has 0 bridgehead atoms. The molecule has 2 aliphatic rings. The lowest BCUT2D eigenvalue weighted by molar-refractivity contribution is 0.0989. The van der Waals surface area contributed by atoms with Gasteiger partial charge >= 0.3 is 6.03 Å². The van der Waals surface area contributed by atoms with E-state index >= 15 is 0 Å². The molecule has 0 radical (unpaired) electrons. The van der Waals surface area contributed by atoms with Crippen LogP contribution in [0, 0.1) is 0 Å². The third-order valence-electron chi connectivity index (χ3n) is 6.49. The number of methoxy groups -OCH3 is 2. The van der Waals surface area contributed by atoms with Gasteiger partial charge in [0.15, 0.2) is 16.9 Å². The number of carbonyl (C=O) groups is 2. The molecule has 0 saturated carbocycles. The highest BCUT2D eigenvalue weighted by Crippen LogP contribution is 2.42. The number of hydrogen-bond acceptors (Lipinski definition) is 6. The summed E-state index contributed by atoms with van der Waals surface area (Å²) in [6.07, 6.45) is 0.483. The highest BCUT2D eigenvalue weighted by molar-refractivity contribution is 7.92. The van der Waals surface area contributed by atoms with Crippen LogP contribution in [0.1, 0.15) is 15.9 Å². The topological polar surface area (TPSA) is 114 Å². The molecule has 2 N–H and O–H groups in total. The van der Waals surface area contributed by atoms with E-state index < -0.39 is 21.2 Å². The highest BCUT2D eigenvalue weighted by atomic mass is 32.2. The van der Waals surface area contributed by atoms with Gasteiger partial charge in [0.05, 0.1) is 25.7 Å². The first-order valence-electron chi connectivity index (χ1n) is 11.4. The Balaban J connectivity index is 1.61. The first kappa shape index (κ1) is 23.7. The van der Waals surface area contributed by atoms with Gasteiger partial charge in [-0.15, -0.1) is 0 Å². The lowest BCUT2D eigenvalue weighted by atomic mass is 9.97. The Hall–Kier alpha value is -4.05. The minimum atomic E-state index is -3.91. The number of sulfone groups is 1. The standard InChI is InChI=1S/C26H25N3O6S/c1-34-20-10-8-17(14-21(20)35-2)25(30)29-13-12-18-19(29)9-11-22(24(18)16-6-4-3-5-7-16)36(32,33)23-15-27-26(31)28-23/h3-11,14,23H,12-13,15H2,1-2H3,(H2,27,28,31). The Morgan fingerprint density at radius 3 is 2.42 bits per heavy atom. The fourth-order valence-electron chi connectivity index (χ4n) is 4.73. The maximum Gasteiger partial charge on any atom is 0.315 e. The van der Waals surface area contributed by atoms with Crippen molar-refractivity contribution >= 4 is 27.5 Å². The lowest BCUT2D eigenvalue weighted by Gasteiger charge is -2.21. The summed E-state index contributed by atoms with van der Waals surface area (Å²) in [7, 11) is -0.872. The van der Waals surface area contributed by atoms with Crippen molar-refractivity contribution in [3.63, 3.8) is 0 Å². The highest BCUT2D eigenvalue weighted by Gasteiger charge is 2.38. The molecule has 2 aliphatic heterocycles. The van der Waals surface area contributed by atoms with E-state index in [4.69, 9.17) is 9.47 Å². The molecule has 1 atom stereocenters. The van der Waals surface area contributed by atoms with Gasteiger partial charge in [0.1, 0.15) is 0 Å². The predicted octanol–water partition coefficient (Wildman–Crippen LogP) is 2.99. The molecule has 9 nitrogen and oxygen atoms in total. The molecule has 0 spiro atoms. The van der Waals surface area contributed by atoms with Crippen molar-refractivity contribution in [2.24, 2.45) is 0 Å². The summed E-state index contributed by atoms with van der Waals surface area (Å²) in [5.41, 5.74) is 3.13. The third kappa shape index (κ3) is 3.93. The monoisotopic (exact) mass is 507 g/mol. The van der Waals surface area contributed by atoms with E-state index in [0.29, 0.717) is 41.3 Å². The molecule has 10 heteroatoms. The van der Waals surface area contributed by atoms with Gasteiger partial charge in [0, 0.05) is 23.4 Å². The van der Waals surface area contributed by atoms with E-state index in [1.54, 1.807) is 29.2 Å². The van der Waals surface area contributed by atoms with E-state index in [-0.39, 0.29) is 17.3 Å². The Morgan fingerprint density at radius 1 is 1.00 bits per heavy atom. The Labute approximate surface area is 208 Å². The maximum absolute atomic E-state index is 13.6. The van der Waals surface area contributed by atoms with E-state index in [9.17, 15) is 18.0 Å². The SMILES string of the molecule is COc1ccc(C(=O)N2CCc3c2ccc(S(=O)(=O)C2CNC(=O)N2)c3-c2ccccc2)cc1OC. The van der Waals surface area contributed by atoms with Crippen molar-refractivity contribution in [2.75, 3.05) is 32.2 Å². The van der Waals surface area contributed by atoms with Crippen LogP contribution in [0.3, 0.4) is 0 Å². The lowest BCUT2D eigenvalue weighted by Crippen LogP contribution is -2.35. The summed E-state index contributed by atoms with van der Waals surface area (Å²) in [5, 5.41) is 3.92. The van der Waals surface area contributed by atoms with Gasteiger partial charge in [0.25, 0.3) is 5.91 Å². The van der Waals surface area contributed by atoms with Crippen molar-refractivity contribution in [2.45, 2.75) is 16.7 Å². The van der Waals surface area contributed by atoms with Gasteiger partial charge in [-0.1, -0.05) is 30.3 Å². The van der Waals surface area contributed by atoms with Crippen LogP contribution in [0.25, 0.3) is 11.1 Å². The van der Waals surface area contributed by atoms with Crippen LogP contribution in [0.2, 0.25) is 0 Å². The van der Waals surface area contributed by atoms with Gasteiger partial charge in [0.2, 0.25) is 9.84 Å². The number of hydrogen-bond donors (Lipinski definition) is 2. The molecular formula is C26H25N3O6S. The number of carbonyl (C=O) groups excluding carboxylic acids is 2. The predicted molar refractivity (Wildman–Crippen MR) is 134 cm³/mol. The molecule has 1 saturated heterocycles. The smallest absolute Gasteiger partial charge is 0.315 e. The summed E-state index contributed by atoms with van der Waals surface area (Å²) in [4.78, 5) is 27.0. The molecule has 0 aromatic heterocycles. The molecular weight excluding hydrogens is 482 g/mol. The number of nitrogens with one attached hydrogen (secondary N) is 2. The van der Waals surface area contributed by atoms with Gasteiger partial charge in [-0.05, 0) is 47.9 Å². The van der Waals surface area contributed by atoms with Crippen LogP contribution < -0.4 is 25.0 Å². The fourth-order valence-corrected chi connectivity index (χ4v) is 6.39. The summed E-state index contributed by atoms with van der Waals surface area (Å²) in [6, 6.07) is 16.9. The number of ether oxygens (including phenoxy) is 2. The number of benzene rings is 3. The van der Waals surface area contributed by atoms with Crippen LogP contribution >= 0.6 is 0 Å². The summed E-state index contributed by atoms with van der Waals surface area (Å²) in [6.45, 7) is 0.379.